The van der Waals surface area contributed by atoms with Crippen molar-refractivity contribution in [2.75, 3.05) is 0 Å². The summed E-state index contributed by atoms with van der Waals surface area (Å²) in [4.78, 5) is 15.3. The monoisotopic (exact) mass is 509 g/mol. The molecular formula is C37H23N3. The molecule has 7 aromatic carbocycles. The summed E-state index contributed by atoms with van der Waals surface area (Å²) >= 11 is 0. The van der Waals surface area contributed by atoms with Gasteiger partial charge in [0.1, 0.15) is 0 Å². The van der Waals surface area contributed by atoms with Crippen molar-refractivity contribution in [3.63, 3.8) is 0 Å². The van der Waals surface area contributed by atoms with Crippen LogP contribution in [-0.4, -0.2) is 15.0 Å². The van der Waals surface area contributed by atoms with Crippen LogP contribution in [0.25, 0.3) is 77.3 Å². The standard InChI is InChI=1S/C37H23N3/c1-2-12-26(13-3-1)35-38-36(29-19-18-24-10-4-5-14-27(24)22-29)40-37(39-35)34-31-17-9-7-15-28(31)23-33-30-16-8-6-11-25(30)20-21-32(33)34/h1-23H. The summed E-state index contributed by atoms with van der Waals surface area (Å²) in [6, 6.07) is 48.7. The molecule has 186 valence electrons. The molecule has 40 heavy (non-hydrogen) atoms. The summed E-state index contributed by atoms with van der Waals surface area (Å²) in [6.07, 6.45) is 0. The van der Waals surface area contributed by atoms with Crippen LogP contribution in [-0.2, 0) is 0 Å². The van der Waals surface area contributed by atoms with Gasteiger partial charge >= 0.3 is 0 Å². The molecule has 0 amide bonds. The van der Waals surface area contributed by atoms with Gasteiger partial charge in [-0.05, 0) is 55.2 Å². The second kappa shape index (κ2) is 9.11. The van der Waals surface area contributed by atoms with E-state index in [9.17, 15) is 0 Å². The van der Waals surface area contributed by atoms with Gasteiger partial charge in [0, 0.05) is 16.7 Å². The first-order chi connectivity index (χ1) is 19.8. The molecule has 0 radical (unpaired) electrons. The number of rotatable bonds is 3. The Hall–Kier alpha value is -5.41. The minimum Gasteiger partial charge on any atom is -0.208 e. The lowest BCUT2D eigenvalue weighted by Gasteiger charge is -2.14. The fourth-order valence-corrected chi connectivity index (χ4v) is 5.72. The molecule has 8 aromatic rings. The molecule has 8 rings (SSSR count). The van der Waals surface area contributed by atoms with E-state index in [0.717, 1.165) is 38.2 Å². The summed E-state index contributed by atoms with van der Waals surface area (Å²) < 4.78 is 0. The molecule has 0 bridgehead atoms. The predicted molar refractivity (Wildman–Crippen MR) is 166 cm³/mol. The molecule has 0 atom stereocenters. The van der Waals surface area contributed by atoms with E-state index in [0.29, 0.717) is 17.5 Å². The van der Waals surface area contributed by atoms with Gasteiger partial charge in [0.25, 0.3) is 0 Å². The molecule has 0 spiro atoms. The zero-order valence-corrected chi connectivity index (χ0v) is 21.6. The van der Waals surface area contributed by atoms with E-state index in [1.54, 1.807) is 0 Å². The van der Waals surface area contributed by atoms with E-state index < -0.39 is 0 Å². The second-order valence-electron chi connectivity index (χ2n) is 10.1. The molecule has 0 N–H and O–H groups in total. The molecule has 0 unspecified atom stereocenters. The number of nitrogens with zero attached hydrogens (tertiary/aromatic N) is 3. The largest absolute Gasteiger partial charge is 0.208 e. The van der Waals surface area contributed by atoms with Gasteiger partial charge < -0.3 is 0 Å². The minimum absolute atomic E-state index is 0.663. The van der Waals surface area contributed by atoms with Gasteiger partial charge in [0.2, 0.25) is 0 Å². The Morgan fingerprint density at radius 1 is 0.300 bits per heavy atom. The maximum absolute atomic E-state index is 5.16. The topological polar surface area (TPSA) is 38.7 Å². The normalized spacial score (nSPS) is 11.5. The first-order valence-corrected chi connectivity index (χ1v) is 13.5. The number of benzene rings is 7. The minimum atomic E-state index is 0.663. The smallest absolute Gasteiger partial charge is 0.165 e. The lowest BCUT2D eigenvalue weighted by molar-refractivity contribution is 1.08. The Bertz CT molecular complexity index is 2220. The van der Waals surface area contributed by atoms with Gasteiger partial charge in [0.15, 0.2) is 17.5 Å². The molecule has 0 aliphatic carbocycles. The van der Waals surface area contributed by atoms with Gasteiger partial charge in [-0.25, -0.2) is 15.0 Å². The van der Waals surface area contributed by atoms with E-state index in [2.05, 4.69) is 121 Å². The van der Waals surface area contributed by atoms with Crippen LogP contribution in [0.3, 0.4) is 0 Å². The fourth-order valence-electron chi connectivity index (χ4n) is 5.72. The highest BCUT2D eigenvalue weighted by molar-refractivity contribution is 6.19. The van der Waals surface area contributed by atoms with Crippen molar-refractivity contribution in [3.05, 3.63) is 140 Å². The maximum atomic E-state index is 5.16. The van der Waals surface area contributed by atoms with Crippen molar-refractivity contribution in [1.29, 1.82) is 0 Å². The summed E-state index contributed by atoms with van der Waals surface area (Å²) in [6.45, 7) is 0. The summed E-state index contributed by atoms with van der Waals surface area (Å²) in [7, 11) is 0. The van der Waals surface area contributed by atoms with Crippen LogP contribution in [0.5, 0.6) is 0 Å². The van der Waals surface area contributed by atoms with Crippen molar-refractivity contribution in [1.82, 2.24) is 15.0 Å². The Morgan fingerprint density at radius 3 is 1.73 bits per heavy atom. The average molecular weight is 510 g/mol. The van der Waals surface area contributed by atoms with E-state index in [1.807, 2.05) is 18.2 Å². The molecule has 0 fully saturated rings. The van der Waals surface area contributed by atoms with E-state index in [4.69, 9.17) is 15.0 Å². The van der Waals surface area contributed by atoms with Crippen molar-refractivity contribution in [3.8, 4) is 34.2 Å². The summed E-state index contributed by atoms with van der Waals surface area (Å²) in [5, 5.41) is 9.40. The van der Waals surface area contributed by atoms with E-state index in [1.165, 1.54) is 21.5 Å². The summed E-state index contributed by atoms with van der Waals surface area (Å²) in [5.41, 5.74) is 2.96. The molecule has 0 saturated carbocycles. The highest BCUT2D eigenvalue weighted by Crippen LogP contribution is 2.39. The Labute approximate surface area is 231 Å². The van der Waals surface area contributed by atoms with Crippen molar-refractivity contribution in [2.45, 2.75) is 0 Å². The number of hydrogen-bond acceptors (Lipinski definition) is 3. The zero-order valence-electron chi connectivity index (χ0n) is 21.6. The fraction of sp³-hybridized carbons (Fsp3) is 0. The maximum Gasteiger partial charge on any atom is 0.165 e. The van der Waals surface area contributed by atoms with Crippen LogP contribution in [0.4, 0.5) is 0 Å². The third-order valence-electron chi connectivity index (χ3n) is 7.67. The highest BCUT2D eigenvalue weighted by atomic mass is 15.0. The van der Waals surface area contributed by atoms with Crippen LogP contribution in [0.15, 0.2) is 140 Å². The molecule has 3 heteroatoms. The third kappa shape index (κ3) is 3.71. The van der Waals surface area contributed by atoms with Crippen molar-refractivity contribution < 1.29 is 0 Å². The van der Waals surface area contributed by atoms with Crippen molar-refractivity contribution >= 4 is 43.1 Å². The van der Waals surface area contributed by atoms with Gasteiger partial charge in [-0.1, -0.05) is 127 Å². The molecule has 0 aliphatic heterocycles. The second-order valence-corrected chi connectivity index (χ2v) is 10.1. The predicted octanol–water partition coefficient (Wildman–Crippen LogP) is 9.49. The Kier molecular flexibility index (Phi) is 5.14. The first kappa shape index (κ1) is 22.6. The number of hydrogen-bond donors (Lipinski definition) is 0. The Morgan fingerprint density at radius 2 is 0.900 bits per heavy atom. The van der Waals surface area contributed by atoms with E-state index >= 15 is 0 Å². The first-order valence-electron chi connectivity index (χ1n) is 13.5. The quantitative estimate of drug-likeness (QED) is 0.176. The molecule has 0 saturated heterocycles. The average Bonchev–Trinajstić information content (AvgIpc) is 3.03. The van der Waals surface area contributed by atoms with Crippen LogP contribution in [0.2, 0.25) is 0 Å². The van der Waals surface area contributed by atoms with E-state index in [-0.39, 0.29) is 0 Å². The van der Waals surface area contributed by atoms with Crippen LogP contribution < -0.4 is 0 Å². The molecule has 0 aliphatic rings. The van der Waals surface area contributed by atoms with Gasteiger partial charge in [-0.2, -0.15) is 0 Å². The molecule has 1 aromatic heterocycles. The van der Waals surface area contributed by atoms with Gasteiger partial charge in [0.05, 0.1) is 0 Å². The van der Waals surface area contributed by atoms with Crippen LogP contribution in [0, 0.1) is 0 Å². The lowest BCUT2D eigenvalue weighted by atomic mass is 9.93. The lowest BCUT2D eigenvalue weighted by Crippen LogP contribution is -2.01. The van der Waals surface area contributed by atoms with Crippen LogP contribution >= 0.6 is 0 Å². The molecular weight excluding hydrogens is 486 g/mol. The van der Waals surface area contributed by atoms with Gasteiger partial charge in [-0.15, -0.1) is 0 Å². The van der Waals surface area contributed by atoms with Gasteiger partial charge in [-0.3, -0.25) is 0 Å². The third-order valence-corrected chi connectivity index (χ3v) is 7.67. The highest BCUT2D eigenvalue weighted by Gasteiger charge is 2.18. The SMILES string of the molecule is c1ccc(-c2nc(-c3ccc4ccccc4c3)nc(-c3c4ccccc4cc4c3ccc3ccccc34)n2)cc1. The number of aromatic nitrogens is 3. The molecule has 3 nitrogen and oxygen atoms in total. The molecule has 1 heterocycles. The number of fused-ring (bicyclic) bond motifs is 5. The zero-order chi connectivity index (χ0) is 26.5. The Balaban J connectivity index is 1.47. The summed E-state index contributed by atoms with van der Waals surface area (Å²) in [5.74, 6) is 2.00. The van der Waals surface area contributed by atoms with Crippen LogP contribution in [0.1, 0.15) is 0 Å². The van der Waals surface area contributed by atoms with Crippen molar-refractivity contribution in [2.24, 2.45) is 0 Å².